The van der Waals surface area contributed by atoms with E-state index in [2.05, 4.69) is 70.5 Å². The molecule has 0 spiro atoms. The summed E-state index contributed by atoms with van der Waals surface area (Å²) < 4.78 is 2.31. The van der Waals surface area contributed by atoms with Crippen molar-refractivity contribution in [2.75, 3.05) is 38.0 Å². The quantitative estimate of drug-likeness (QED) is 0.433. The normalized spacial score (nSPS) is 10.2. The summed E-state index contributed by atoms with van der Waals surface area (Å²) in [6, 6.07) is 33.1. The minimum Gasteiger partial charge on any atom is -0.378 e. The molecule has 0 bridgehead atoms. The van der Waals surface area contributed by atoms with Crippen LogP contribution in [0.1, 0.15) is 11.1 Å². The van der Waals surface area contributed by atoms with Crippen LogP contribution in [0, 0.1) is 32.4 Å². The molecule has 0 radical (unpaired) electrons. The van der Waals surface area contributed by atoms with Gasteiger partial charge in [0.25, 0.3) is 0 Å². The fraction of sp³-hybridized carbons (Fsp3) is 0.133. The fourth-order valence-corrected chi connectivity index (χ4v) is 4.99. The largest absolute Gasteiger partial charge is 0.378 e. The summed E-state index contributed by atoms with van der Waals surface area (Å²) in [5.74, 6) is 0. The molecular formula is C30H26N4S. The predicted octanol–water partition coefficient (Wildman–Crippen LogP) is 4.61. The van der Waals surface area contributed by atoms with Crippen molar-refractivity contribution in [3.63, 3.8) is 0 Å². The van der Waals surface area contributed by atoms with Gasteiger partial charge in [0.15, 0.2) is 0 Å². The third-order valence-electron chi connectivity index (χ3n) is 5.88. The first kappa shape index (κ1) is 23.8. The molecule has 35 heavy (non-hydrogen) atoms. The Morgan fingerprint density at radius 2 is 1.11 bits per heavy atom. The highest BCUT2D eigenvalue weighted by Gasteiger charge is 2.09. The van der Waals surface area contributed by atoms with Gasteiger partial charge in [-0.2, -0.15) is 10.5 Å². The van der Waals surface area contributed by atoms with Crippen molar-refractivity contribution in [3.05, 3.63) is 116 Å². The molecule has 0 aliphatic carbocycles. The van der Waals surface area contributed by atoms with E-state index in [0.717, 1.165) is 21.1 Å². The SMILES string of the molecule is CN(C)c1ccc(C(c2ccc(N(C)C)cc2)=c2ccc(=c3ccc(=C(C#N)C#N)cc3)s2)cc1. The second kappa shape index (κ2) is 10.3. The molecule has 5 heteroatoms. The van der Waals surface area contributed by atoms with E-state index in [9.17, 15) is 0 Å². The van der Waals surface area contributed by atoms with Crippen LogP contribution >= 0.6 is 11.3 Å². The Morgan fingerprint density at radius 3 is 1.54 bits per heavy atom. The van der Waals surface area contributed by atoms with Crippen LogP contribution in [0.25, 0.3) is 11.1 Å². The zero-order valence-corrected chi connectivity index (χ0v) is 21.1. The van der Waals surface area contributed by atoms with Crippen molar-refractivity contribution < 1.29 is 0 Å². The average molecular weight is 475 g/mol. The highest BCUT2D eigenvalue weighted by molar-refractivity contribution is 7.08. The Morgan fingerprint density at radius 1 is 0.629 bits per heavy atom. The molecule has 4 nitrogen and oxygen atoms in total. The summed E-state index contributed by atoms with van der Waals surface area (Å²) in [5.41, 5.74) is 5.97. The summed E-state index contributed by atoms with van der Waals surface area (Å²) in [6.07, 6.45) is 0. The lowest BCUT2D eigenvalue weighted by Gasteiger charge is -2.15. The smallest absolute Gasteiger partial charge is 0.136 e. The first-order valence-electron chi connectivity index (χ1n) is 11.2. The van der Waals surface area contributed by atoms with Crippen molar-refractivity contribution in [2.24, 2.45) is 0 Å². The first-order chi connectivity index (χ1) is 16.9. The van der Waals surface area contributed by atoms with Crippen LogP contribution in [-0.2, 0) is 0 Å². The van der Waals surface area contributed by atoms with Crippen molar-refractivity contribution in [2.45, 2.75) is 0 Å². The molecule has 0 N–H and O–H groups in total. The summed E-state index contributed by atoms with van der Waals surface area (Å²) in [4.78, 5) is 4.20. The average Bonchev–Trinajstić information content (AvgIpc) is 3.36. The monoisotopic (exact) mass is 474 g/mol. The van der Waals surface area contributed by atoms with Gasteiger partial charge in [0.2, 0.25) is 0 Å². The molecule has 0 fully saturated rings. The highest BCUT2D eigenvalue weighted by atomic mass is 32.1. The molecule has 4 rings (SSSR count). The van der Waals surface area contributed by atoms with Crippen molar-refractivity contribution >= 4 is 33.9 Å². The molecule has 0 saturated heterocycles. The van der Waals surface area contributed by atoms with Gasteiger partial charge >= 0.3 is 0 Å². The number of hydrogen-bond acceptors (Lipinski definition) is 5. The molecule has 1 heterocycles. The second-order valence-electron chi connectivity index (χ2n) is 8.60. The molecular weight excluding hydrogens is 448 g/mol. The summed E-state index contributed by atoms with van der Waals surface area (Å²) in [5, 5.41) is 20.0. The maximum Gasteiger partial charge on any atom is 0.136 e. The van der Waals surface area contributed by atoms with Gasteiger partial charge in [-0.05, 0) is 52.7 Å². The molecule has 0 atom stereocenters. The number of anilines is 2. The molecule has 1 aromatic heterocycles. The molecule has 0 unspecified atom stereocenters. The van der Waals surface area contributed by atoms with Crippen molar-refractivity contribution in [1.29, 1.82) is 10.5 Å². The number of nitrogens with zero attached hydrogens (tertiary/aromatic N) is 4. The zero-order chi connectivity index (χ0) is 24.9. The van der Waals surface area contributed by atoms with Gasteiger partial charge in [0.1, 0.15) is 17.7 Å². The third-order valence-corrected chi connectivity index (χ3v) is 7.03. The number of benzene rings is 3. The van der Waals surface area contributed by atoms with Gasteiger partial charge in [0.05, 0.1) is 0 Å². The van der Waals surface area contributed by atoms with Crippen LogP contribution in [-0.4, -0.2) is 28.2 Å². The van der Waals surface area contributed by atoms with Crippen LogP contribution in [0.15, 0.2) is 84.9 Å². The summed E-state index contributed by atoms with van der Waals surface area (Å²) >= 11 is 1.74. The van der Waals surface area contributed by atoms with Gasteiger partial charge in [-0.25, -0.2) is 0 Å². The maximum atomic E-state index is 9.13. The topological polar surface area (TPSA) is 54.1 Å². The van der Waals surface area contributed by atoms with Crippen LogP contribution in [0.3, 0.4) is 0 Å². The number of nitriles is 2. The van der Waals surface area contributed by atoms with E-state index in [-0.39, 0.29) is 5.57 Å². The van der Waals surface area contributed by atoms with E-state index in [0.29, 0.717) is 5.22 Å². The summed E-state index contributed by atoms with van der Waals surface area (Å²) in [7, 11) is 8.18. The molecule has 0 saturated carbocycles. The molecule has 172 valence electrons. The number of rotatable bonds is 4. The molecule has 0 aliphatic heterocycles. The number of thiophene rings is 1. The number of hydrogen-bond donors (Lipinski definition) is 0. The molecule has 4 aromatic rings. The molecule has 3 aromatic carbocycles. The Hall–Kier alpha value is -4.32. The van der Waals surface area contributed by atoms with E-state index >= 15 is 0 Å². The first-order valence-corrected chi connectivity index (χ1v) is 12.0. The Kier molecular flexibility index (Phi) is 7.01. The minimum absolute atomic E-state index is 0.126. The van der Waals surface area contributed by atoms with E-state index in [1.54, 1.807) is 11.3 Å². The standard InChI is InChI=1S/C30H26N4S/c1-33(2)26-13-9-23(10-14-26)30(24-11-15-27(16-12-24)34(3)4)29-18-17-28(35-29)22-7-5-21(6-8-22)25(19-31)20-32/h5-18H,1-4H3. The van der Waals surface area contributed by atoms with Crippen molar-refractivity contribution in [3.8, 4) is 12.1 Å². The Bertz CT molecular complexity index is 1550. The molecule has 0 aliphatic rings. The van der Waals surface area contributed by atoms with Gasteiger partial charge in [-0.15, -0.1) is 11.3 Å². The van der Waals surface area contributed by atoms with Gasteiger partial charge in [-0.3, -0.25) is 0 Å². The Labute approximate surface area is 209 Å². The van der Waals surface area contributed by atoms with Crippen molar-refractivity contribution in [1.82, 2.24) is 0 Å². The maximum absolute atomic E-state index is 9.13. The Balaban J connectivity index is 1.95. The third kappa shape index (κ3) is 5.11. The van der Waals surface area contributed by atoms with E-state index < -0.39 is 0 Å². The lowest BCUT2D eigenvalue weighted by atomic mass is 9.97. The zero-order valence-electron chi connectivity index (χ0n) is 20.3. The van der Waals surface area contributed by atoms with E-state index in [4.69, 9.17) is 10.5 Å². The van der Waals surface area contributed by atoms with Crippen LogP contribution in [0.2, 0.25) is 0 Å². The summed E-state index contributed by atoms with van der Waals surface area (Å²) in [6.45, 7) is 0. The van der Waals surface area contributed by atoms with E-state index in [1.807, 2.05) is 64.6 Å². The second-order valence-corrected chi connectivity index (χ2v) is 9.68. The van der Waals surface area contributed by atoms with E-state index in [1.165, 1.54) is 21.2 Å². The minimum atomic E-state index is 0.126. The lowest BCUT2D eigenvalue weighted by Crippen LogP contribution is -2.09. The fourth-order valence-electron chi connectivity index (χ4n) is 3.89. The van der Waals surface area contributed by atoms with Crippen LogP contribution < -0.4 is 19.6 Å². The molecule has 0 amide bonds. The lowest BCUT2D eigenvalue weighted by molar-refractivity contribution is 1.13. The highest BCUT2D eigenvalue weighted by Crippen LogP contribution is 2.26. The van der Waals surface area contributed by atoms with Crippen LogP contribution in [0.5, 0.6) is 0 Å². The van der Waals surface area contributed by atoms with Crippen LogP contribution in [0.4, 0.5) is 11.4 Å². The van der Waals surface area contributed by atoms with Gasteiger partial charge < -0.3 is 9.80 Å². The van der Waals surface area contributed by atoms with Gasteiger partial charge in [-0.1, -0.05) is 48.5 Å². The predicted molar refractivity (Wildman–Crippen MR) is 145 cm³/mol. The van der Waals surface area contributed by atoms with Gasteiger partial charge in [0, 0.05) is 59.4 Å².